The van der Waals surface area contributed by atoms with Gasteiger partial charge in [0.1, 0.15) is 6.04 Å². The van der Waals surface area contributed by atoms with Crippen LogP contribution in [0.4, 0.5) is 0 Å². The molecule has 1 rings (SSSR count). The lowest BCUT2D eigenvalue weighted by atomic mass is 9.91. The molecule has 0 aromatic heterocycles. The number of rotatable bonds is 8. The van der Waals surface area contributed by atoms with E-state index in [9.17, 15) is 14.4 Å². The van der Waals surface area contributed by atoms with Crippen LogP contribution in [-0.4, -0.2) is 48.9 Å². The molecule has 1 aliphatic rings. The SMILES string of the molecule is COC(=O)C(CC(C)C)NC(=O)CC(C)CC(=O)N1CC(C)CC(C)C1. The third-order valence-electron chi connectivity index (χ3n) is 4.81. The van der Waals surface area contributed by atoms with E-state index in [0.717, 1.165) is 19.5 Å². The number of carbonyl (C=O) groups excluding carboxylic acids is 3. The van der Waals surface area contributed by atoms with Gasteiger partial charge >= 0.3 is 5.97 Å². The fraction of sp³-hybridized carbons (Fsp3) is 0.850. The third-order valence-corrected chi connectivity index (χ3v) is 4.81. The zero-order chi connectivity index (χ0) is 19.9. The second kappa shape index (κ2) is 10.5. The van der Waals surface area contributed by atoms with E-state index in [1.165, 1.54) is 7.11 Å². The number of esters is 1. The summed E-state index contributed by atoms with van der Waals surface area (Å²) in [6.07, 6.45) is 2.29. The van der Waals surface area contributed by atoms with Gasteiger partial charge in [-0.1, -0.05) is 34.6 Å². The summed E-state index contributed by atoms with van der Waals surface area (Å²) in [5.74, 6) is 0.745. The van der Waals surface area contributed by atoms with Crippen LogP contribution in [0.15, 0.2) is 0 Å². The van der Waals surface area contributed by atoms with Gasteiger partial charge in [-0.25, -0.2) is 4.79 Å². The molecule has 150 valence electrons. The monoisotopic (exact) mass is 368 g/mol. The first-order valence-corrected chi connectivity index (χ1v) is 9.77. The number of nitrogens with zero attached hydrogens (tertiary/aromatic N) is 1. The van der Waals surface area contributed by atoms with Gasteiger partial charge in [-0.3, -0.25) is 9.59 Å². The molecule has 6 nitrogen and oxygen atoms in total. The first-order chi connectivity index (χ1) is 12.1. The summed E-state index contributed by atoms with van der Waals surface area (Å²) in [6, 6.07) is -0.626. The summed E-state index contributed by atoms with van der Waals surface area (Å²) < 4.78 is 4.77. The standard InChI is InChI=1S/C20H36N2O4/c1-13(2)7-17(20(25)26-6)21-18(23)9-14(3)10-19(24)22-11-15(4)8-16(5)12-22/h13-17H,7-12H2,1-6H3,(H,21,23). The molecule has 1 aliphatic heterocycles. The van der Waals surface area contributed by atoms with E-state index in [0.29, 0.717) is 24.7 Å². The molecule has 1 saturated heterocycles. The maximum absolute atomic E-state index is 12.5. The molecule has 1 heterocycles. The summed E-state index contributed by atoms with van der Waals surface area (Å²) in [7, 11) is 1.32. The van der Waals surface area contributed by atoms with Gasteiger partial charge < -0.3 is 15.0 Å². The van der Waals surface area contributed by atoms with Crippen molar-refractivity contribution in [3.8, 4) is 0 Å². The minimum Gasteiger partial charge on any atom is -0.467 e. The zero-order valence-electron chi connectivity index (χ0n) is 17.2. The van der Waals surface area contributed by atoms with Gasteiger partial charge in [-0.05, 0) is 36.5 Å². The van der Waals surface area contributed by atoms with Crippen LogP contribution in [0.1, 0.15) is 60.3 Å². The van der Waals surface area contributed by atoms with E-state index in [4.69, 9.17) is 4.74 Å². The molecular formula is C20H36N2O4. The van der Waals surface area contributed by atoms with E-state index in [1.54, 1.807) is 0 Å². The Labute approximate surface area is 158 Å². The van der Waals surface area contributed by atoms with Gasteiger partial charge in [-0.15, -0.1) is 0 Å². The Kier molecular flexibility index (Phi) is 9.09. The Morgan fingerprint density at radius 2 is 1.65 bits per heavy atom. The Bertz CT molecular complexity index is 482. The van der Waals surface area contributed by atoms with Crippen LogP contribution < -0.4 is 5.32 Å². The Hall–Kier alpha value is -1.59. The number of amides is 2. The highest BCUT2D eigenvalue weighted by molar-refractivity contribution is 5.85. The van der Waals surface area contributed by atoms with Crippen LogP contribution in [0.25, 0.3) is 0 Å². The summed E-state index contributed by atoms with van der Waals surface area (Å²) >= 11 is 0. The van der Waals surface area contributed by atoms with Crippen LogP contribution in [0.3, 0.4) is 0 Å². The van der Waals surface area contributed by atoms with Gasteiger partial charge in [0.25, 0.3) is 0 Å². The lowest BCUT2D eigenvalue weighted by molar-refractivity contribution is -0.145. The minimum atomic E-state index is -0.626. The molecule has 4 unspecified atom stereocenters. The molecule has 6 heteroatoms. The number of nitrogens with one attached hydrogen (secondary N) is 1. The topological polar surface area (TPSA) is 75.7 Å². The smallest absolute Gasteiger partial charge is 0.328 e. The van der Waals surface area contributed by atoms with Crippen molar-refractivity contribution >= 4 is 17.8 Å². The number of hydrogen-bond donors (Lipinski definition) is 1. The van der Waals surface area contributed by atoms with Gasteiger partial charge in [0, 0.05) is 25.9 Å². The van der Waals surface area contributed by atoms with Crippen molar-refractivity contribution in [3.63, 3.8) is 0 Å². The molecule has 0 aliphatic carbocycles. The summed E-state index contributed by atoms with van der Waals surface area (Å²) in [5, 5.41) is 2.76. The first-order valence-electron chi connectivity index (χ1n) is 9.77. The largest absolute Gasteiger partial charge is 0.467 e. The van der Waals surface area contributed by atoms with Crippen LogP contribution in [0, 0.1) is 23.7 Å². The predicted molar refractivity (Wildman–Crippen MR) is 101 cm³/mol. The molecule has 1 fully saturated rings. The van der Waals surface area contributed by atoms with E-state index >= 15 is 0 Å². The quantitative estimate of drug-likeness (QED) is 0.668. The van der Waals surface area contributed by atoms with Gasteiger partial charge in [-0.2, -0.15) is 0 Å². The third kappa shape index (κ3) is 7.75. The average molecular weight is 369 g/mol. The average Bonchev–Trinajstić information content (AvgIpc) is 2.51. The molecule has 1 N–H and O–H groups in total. The molecule has 0 bridgehead atoms. The maximum atomic E-state index is 12.5. The Morgan fingerprint density at radius 3 is 2.15 bits per heavy atom. The van der Waals surface area contributed by atoms with Crippen molar-refractivity contribution in [2.24, 2.45) is 23.7 Å². The molecule has 2 amide bonds. The number of hydrogen-bond acceptors (Lipinski definition) is 4. The summed E-state index contributed by atoms with van der Waals surface area (Å²) in [5.41, 5.74) is 0. The van der Waals surface area contributed by atoms with E-state index < -0.39 is 12.0 Å². The van der Waals surface area contributed by atoms with Crippen molar-refractivity contribution in [1.29, 1.82) is 0 Å². The first kappa shape index (κ1) is 22.5. The lowest BCUT2D eigenvalue weighted by Crippen LogP contribution is -2.44. The molecule has 0 radical (unpaired) electrons. The minimum absolute atomic E-state index is 0.0626. The van der Waals surface area contributed by atoms with Crippen molar-refractivity contribution in [2.75, 3.05) is 20.2 Å². The number of carbonyl (C=O) groups is 3. The number of methoxy groups -OCH3 is 1. The van der Waals surface area contributed by atoms with Crippen molar-refractivity contribution < 1.29 is 19.1 Å². The maximum Gasteiger partial charge on any atom is 0.328 e. The van der Waals surface area contributed by atoms with Crippen molar-refractivity contribution in [1.82, 2.24) is 10.2 Å². The van der Waals surface area contributed by atoms with Gasteiger partial charge in [0.2, 0.25) is 11.8 Å². The molecule has 0 saturated carbocycles. The molecule has 0 aromatic rings. The molecule has 26 heavy (non-hydrogen) atoms. The van der Waals surface area contributed by atoms with Crippen LogP contribution in [-0.2, 0) is 19.1 Å². The second-order valence-electron chi connectivity index (χ2n) is 8.53. The van der Waals surface area contributed by atoms with Crippen LogP contribution in [0.2, 0.25) is 0 Å². The van der Waals surface area contributed by atoms with E-state index in [1.807, 2.05) is 25.7 Å². The predicted octanol–water partition coefficient (Wildman–Crippen LogP) is 2.61. The van der Waals surface area contributed by atoms with E-state index in [-0.39, 0.29) is 30.1 Å². The Morgan fingerprint density at radius 1 is 1.08 bits per heavy atom. The number of piperidine rings is 1. The van der Waals surface area contributed by atoms with Crippen molar-refractivity contribution in [3.05, 3.63) is 0 Å². The Balaban J connectivity index is 2.49. The molecule has 4 atom stereocenters. The highest BCUT2D eigenvalue weighted by Crippen LogP contribution is 2.22. The highest BCUT2D eigenvalue weighted by Gasteiger charge is 2.27. The van der Waals surface area contributed by atoms with Crippen LogP contribution >= 0.6 is 0 Å². The van der Waals surface area contributed by atoms with Crippen molar-refractivity contribution in [2.45, 2.75) is 66.3 Å². The number of likely N-dealkylation sites (tertiary alicyclic amines) is 1. The van der Waals surface area contributed by atoms with Gasteiger partial charge in [0.05, 0.1) is 7.11 Å². The summed E-state index contributed by atoms with van der Waals surface area (Å²) in [6.45, 7) is 11.8. The molecular weight excluding hydrogens is 332 g/mol. The highest BCUT2D eigenvalue weighted by atomic mass is 16.5. The fourth-order valence-electron chi connectivity index (χ4n) is 3.76. The zero-order valence-corrected chi connectivity index (χ0v) is 17.2. The van der Waals surface area contributed by atoms with Crippen LogP contribution in [0.5, 0.6) is 0 Å². The summed E-state index contributed by atoms with van der Waals surface area (Å²) in [4.78, 5) is 38.6. The molecule has 0 spiro atoms. The van der Waals surface area contributed by atoms with E-state index in [2.05, 4.69) is 19.2 Å². The molecule has 0 aromatic carbocycles. The van der Waals surface area contributed by atoms with Gasteiger partial charge in [0.15, 0.2) is 0 Å². The fourth-order valence-corrected chi connectivity index (χ4v) is 3.76. The normalized spacial score (nSPS) is 22.7. The lowest BCUT2D eigenvalue weighted by Gasteiger charge is -2.35. The number of ether oxygens (including phenoxy) is 1. The second-order valence-corrected chi connectivity index (χ2v) is 8.53.